The number of H-pyrrole nitrogens is 2. The zero-order chi connectivity index (χ0) is 92.6. The summed E-state index contributed by atoms with van der Waals surface area (Å²) in [6.07, 6.45) is -2.05. The normalized spacial score (nSPS) is 23.7. The topological polar surface area (TPSA) is 558 Å². The number of aliphatic hydroxyl groups is 2. The van der Waals surface area contributed by atoms with Crippen molar-refractivity contribution in [2.24, 2.45) is 22.8 Å². The maximum atomic E-state index is 16.0. The van der Waals surface area contributed by atoms with Crippen LogP contribution in [0.4, 0.5) is 13.2 Å². The Labute approximate surface area is 734 Å². The number of benzene rings is 4. The molecule has 684 valence electrons. The number of carbonyl (C=O) groups is 14. The van der Waals surface area contributed by atoms with Gasteiger partial charge in [0.25, 0.3) is 0 Å². The number of aromatic nitrogens is 2. The molecule has 14 amide bonds. The number of primary amides is 1. The van der Waals surface area contributed by atoms with Gasteiger partial charge in [0.15, 0.2) is 5.96 Å². The Balaban J connectivity index is 1.17. The molecule has 8 rings (SSSR count). The van der Waals surface area contributed by atoms with Crippen molar-refractivity contribution in [3.8, 4) is 5.75 Å². The van der Waals surface area contributed by atoms with Crippen molar-refractivity contribution in [2.75, 3.05) is 44.8 Å². The van der Waals surface area contributed by atoms with Gasteiger partial charge in [-0.2, -0.15) is 23.5 Å². The number of aromatic hydroxyl groups is 1. The number of likely N-dealkylation sites (N-methyl/N-ethyl adjacent to an activating group) is 1. The minimum absolute atomic E-state index is 0.0151. The predicted molar refractivity (Wildman–Crippen MR) is 465 cm³/mol. The van der Waals surface area contributed by atoms with Crippen molar-refractivity contribution in [1.82, 2.24) is 83.6 Å². The van der Waals surface area contributed by atoms with Gasteiger partial charge in [0.1, 0.15) is 96.1 Å². The largest absolute Gasteiger partial charge is 0.508 e. The van der Waals surface area contributed by atoms with Crippen molar-refractivity contribution in [3.05, 3.63) is 137 Å². The molecule has 22 N–H and O–H groups in total. The molecule has 15 atom stereocenters. The van der Waals surface area contributed by atoms with Crippen LogP contribution in [0.25, 0.3) is 21.8 Å². The van der Waals surface area contributed by atoms with Crippen LogP contribution in [0.15, 0.2) is 97.3 Å². The van der Waals surface area contributed by atoms with Gasteiger partial charge in [-0.15, -0.1) is 0 Å². The molecule has 6 aromatic rings. The fourth-order valence-corrected chi connectivity index (χ4v) is 16.6. The molecule has 0 aliphatic carbocycles. The van der Waals surface area contributed by atoms with E-state index >= 15 is 28.0 Å². The average molecular weight is 1800 g/mol. The van der Waals surface area contributed by atoms with E-state index in [-0.39, 0.29) is 84.8 Å². The number of amides is 14. The summed E-state index contributed by atoms with van der Waals surface area (Å²) in [7, 11) is 1.08. The van der Waals surface area contributed by atoms with Gasteiger partial charge in [0.2, 0.25) is 82.7 Å². The second-order valence-corrected chi connectivity index (χ2v) is 34.7. The number of aromatic amines is 2. The standard InChI is InChI=1S/C85H114F3N19O17S2/c1-10-14-59(96-45(5)110)73(114)102-65-42-126-40-48-16-12-15-47(27-48)39-125-41-64(72(89)113)101-75(116)62(29-49-34-93-57-24-20-51(86)31-55(49)57)98-78(119)66-33-53(88)37-107(66)83(124)60(17-13-26-92-84(90)91)97-68(112)36-95-77(118)67(38-108)106(9)82(123)63(30-50-35-94-58-25-21-52(87)32-56(50)58)100-74(115)61(28-46-18-22-54(111)23-19-46)99-81(122)71(85(6,7)8)105-79(120)69(43(3)11-2)103-80(121)70(44(4)109)104-76(65)117/h12,15-16,18-25,27,31-32,34-35,43-44,53,59-67,69-71,93-94,108-109,111H,10-11,13-14,17,26,28-30,33,36-42H2,1-9H3,(H2,89,113)(H,95,118)(H,96,110)(H,97,112)(H,98,119)(H,99,122)(H,100,115)(H,101,116)(H,102,114)(H,103,121)(H,104,117)(H,105,120)(H4,90,91,92)/t43-,44+,53-,59-,60-,61-,62-,63-,64-,65-,66-,67-,69-,70-,71+/m0/s1. The number of phenolic OH excluding ortho intramolecular Hbond substituents is 1. The minimum atomic E-state index is -1.89. The molecule has 1 fully saturated rings. The first kappa shape index (κ1) is 99.4. The summed E-state index contributed by atoms with van der Waals surface area (Å²) < 4.78 is 46.0. The number of hydrogen-bond acceptors (Lipinski definition) is 20. The quantitative estimate of drug-likeness (QED) is 0.0283. The van der Waals surface area contributed by atoms with Crippen LogP contribution < -0.4 is 75.3 Å². The lowest BCUT2D eigenvalue weighted by Crippen LogP contribution is -2.64. The Bertz CT molecular complexity index is 4920. The molecule has 41 heteroatoms. The molecular weight excluding hydrogens is 1680 g/mol. The van der Waals surface area contributed by atoms with Crippen LogP contribution in [0.2, 0.25) is 0 Å². The van der Waals surface area contributed by atoms with Crippen molar-refractivity contribution >= 4 is 134 Å². The molecule has 2 aromatic heterocycles. The average Bonchev–Trinajstić information content (AvgIpc) is 1.65. The number of alkyl halides is 1. The molecule has 4 heterocycles. The summed E-state index contributed by atoms with van der Waals surface area (Å²) >= 11 is 2.34. The Hall–Kier alpha value is -12.0. The molecule has 0 unspecified atom stereocenters. The van der Waals surface area contributed by atoms with Gasteiger partial charge in [-0.1, -0.05) is 90.8 Å². The fraction of sp³-hybridized carbons (Fsp3) is 0.494. The molecule has 126 heavy (non-hydrogen) atoms. The monoisotopic (exact) mass is 1790 g/mol. The number of nitrogens with zero attached hydrogens (tertiary/aromatic N) is 2. The molecular formula is C85H114F3N19O17S2. The van der Waals surface area contributed by atoms with Crippen molar-refractivity contribution < 1.29 is 95.6 Å². The number of halogens is 3. The Morgan fingerprint density at radius 2 is 1.24 bits per heavy atom. The highest BCUT2D eigenvalue weighted by Gasteiger charge is 2.46. The third-order valence-corrected chi connectivity index (χ3v) is 23.9. The lowest BCUT2D eigenvalue weighted by atomic mass is 9.85. The minimum Gasteiger partial charge on any atom is -0.508 e. The Morgan fingerprint density at radius 1 is 0.667 bits per heavy atom. The van der Waals surface area contributed by atoms with Crippen LogP contribution in [0, 0.1) is 28.4 Å². The van der Waals surface area contributed by atoms with Gasteiger partial charge in [0.05, 0.1) is 25.8 Å². The highest BCUT2D eigenvalue weighted by molar-refractivity contribution is 7.98. The van der Waals surface area contributed by atoms with E-state index in [9.17, 15) is 67.7 Å². The number of nitrogens with two attached hydrogens (primary N) is 2. The van der Waals surface area contributed by atoms with Gasteiger partial charge in [-0.25, -0.2) is 13.2 Å². The van der Waals surface area contributed by atoms with Crippen LogP contribution in [-0.2, 0) is 97.9 Å². The molecule has 2 bridgehead atoms. The third-order valence-electron chi connectivity index (χ3n) is 21.7. The van der Waals surface area contributed by atoms with Gasteiger partial charge in [0, 0.05) is 103 Å². The zero-order valence-electron chi connectivity index (χ0n) is 71.5. The smallest absolute Gasteiger partial charge is 0.245 e. The maximum absolute atomic E-state index is 16.0. The molecule has 36 nitrogen and oxygen atoms in total. The molecule has 0 saturated carbocycles. The van der Waals surface area contributed by atoms with Crippen molar-refractivity contribution in [1.29, 1.82) is 5.41 Å². The number of hydrogen-bond donors (Lipinski definition) is 20. The van der Waals surface area contributed by atoms with Crippen LogP contribution >= 0.6 is 23.5 Å². The first-order valence-electron chi connectivity index (χ1n) is 41.3. The van der Waals surface area contributed by atoms with E-state index in [1.54, 1.807) is 59.7 Å². The number of carbonyl (C=O) groups excluding carboxylic acids is 14. The maximum Gasteiger partial charge on any atom is 0.245 e. The number of nitrogens with one attached hydrogen (secondary N) is 15. The van der Waals surface area contributed by atoms with Crippen LogP contribution in [-0.4, -0.2) is 253 Å². The van der Waals surface area contributed by atoms with E-state index in [2.05, 4.69) is 73.8 Å². The molecule has 1 saturated heterocycles. The summed E-state index contributed by atoms with van der Waals surface area (Å²) in [5, 5.41) is 72.2. The van der Waals surface area contributed by atoms with E-state index in [4.69, 9.17) is 16.9 Å². The Morgan fingerprint density at radius 3 is 1.81 bits per heavy atom. The van der Waals surface area contributed by atoms with E-state index in [1.807, 2.05) is 6.07 Å². The van der Waals surface area contributed by atoms with Gasteiger partial charge >= 0.3 is 0 Å². The number of phenols is 1. The van der Waals surface area contributed by atoms with Gasteiger partial charge < -0.3 is 110 Å². The highest BCUT2D eigenvalue weighted by Crippen LogP contribution is 2.29. The predicted octanol–water partition coefficient (Wildman–Crippen LogP) is 0.605. The van der Waals surface area contributed by atoms with E-state index in [0.717, 1.165) is 22.9 Å². The number of rotatable bonds is 20. The number of guanidine groups is 1. The fourth-order valence-electron chi connectivity index (χ4n) is 14.6. The molecule has 2 aliphatic rings. The second kappa shape index (κ2) is 46.3. The lowest BCUT2D eigenvalue weighted by Gasteiger charge is -2.35. The summed E-state index contributed by atoms with van der Waals surface area (Å²) in [6.45, 7) is 9.34. The summed E-state index contributed by atoms with van der Waals surface area (Å²) in [5.41, 5.74) is 13.3. The van der Waals surface area contributed by atoms with Gasteiger partial charge in [-0.3, -0.25) is 72.5 Å². The SMILES string of the molecule is CCC[C@H](NC(C)=O)C(=O)N[C@H]1CSCc2cccc(c2)CSC[C@@H](C(N)=O)NC(=O)[C@H](Cc2c[nH]c3ccc(F)cc23)NC(=O)[C@@H]2C[C@H](F)CN2C(=O)[C@H](CCCNC(=N)N)NC(=O)CNC(=O)[C@H](CO)N(C)C(=O)[C@H](Cc2c[nH]c3ccc(F)cc23)NC(=O)[C@H](Cc2ccc(O)cc2)NC(=O)[C@H](C(C)(C)C)NC(=O)[C@H]([C@@H](C)CC)NC(=O)[C@H]([C@@H](C)O)NC1=O. The lowest BCUT2D eigenvalue weighted by molar-refractivity contribution is -0.144. The summed E-state index contributed by atoms with van der Waals surface area (Å²) in [4.78, 5) is 211. The van der Waals surface area contributed by atoms with Crippen molar-refractivity contribution in [2.45, 2.75) is 209 Å². The summed E-state index contributed by atoms with van der Waals surface area (Å²) in [6, 6.07) is 0.838. The van der Waals surface area contributed by atoms with Crippen molar-refractivity contribution in [3.63, 3.8) is 0 Å². The van der Waals surface area contributed by atoms with Crippen LogP contribution in [0.3, 0.4) is 0 Å². The van der Waals surface area contributed by atoms with E-state index in [1.165, 1.54) is 104 Å². The number of thioether (sulfide) groups is 2. The number of fused-ring (bicyclic) bond motifs is 5. The molecule has 0 spiro atoms. The first-order chi connectivity index (χ1) is 59.7. The number of aliphatic hydroxyl groups excluding tert-OH is 2. The van der Waals surface area contributed by atoms with Gasteiger partial charge in [-0.05, 0) is 114 Å². The Kier molecular flexibility index (Phi) is 36.5. The van der Waals surface area contributed by atoms with E-state index in [0.29, 0.717) is 45.1 Å². The summed E-state index contributed by atoms with van der Waals surface area (Å²) in [5.74, 6) is -16.5. The first-order valence-corrected chi connectivity index (χ1v) is 43.6. The van der Waals surface area contributed by atoms with Crippen LogP contribution in [0.1, 0.15) is 122 Å². The molecule has 2 aliphatic heterocycles. The van der Waals surface area contributed by atoms with Crippen LogP contribution in [0.5, 0.6) is 5.75 Å². The second-order valence-electron chi connectivity index (χ2n) is 32.6. The molecule has 4 aromatic carbocycles. The zero-order valence-corrected chi connectivity index (χ0v) is 73.1. The van der Waals surface area contributed by atoms with E-state index < -0.39 is 229 Å². The highest BCUT2D eigenvalue weighted by atomic mass is 32.2. The third kappa shape index (κ3) is 28.3. The molecule has 0 radical (unpaired) electrons.